The first-order valence-corrected chi connectivity index (χ1v) is 7.62. The molecule has 1 amide bonds. The van der Waals surface area contributed by atoms with Crippen LogP contribution in [0.25, 0.3) is 0 Å². The normalized spacial score (nSPS) is 10.2. The molecule has 0 saturated carbocycles. The fourth-order valence-corrected chi connectivity index (χ4v) is 2.22. The van der Waals surface area contributed by atoms with Crippen LogP contribution in [0.5, 0.6) is 11.5 Å². The summed E-state index contributed by atoms with van der Waals surface area (Å²) in [4.78, 5) is 12.0. The van der Waals surface area contributed by atoms with Crippen molar-refractivity contribution in [2.45, 2.75) is 6.42 Å². The third-order valence-corrected chi connectivity index (χ3v) is 3.57. The van der Waals surface area contributed by atoms with Crippen molar-refractivity contribution in [2.24, 2.45) is 0 Å². The van der Waals surface area contributed by atoms with E-state index >= 15 is 0 Å². The molecular weight excluding hydrogens is 335 g/mol. The highest BCUT2D eigenvalue weighted by molar-refractivity contribution is 6.31. The van der Waals surface area contributed by atoms with Gasteiger partial charge in [-0.3, -0.25) is 4.79 Å². The topological polar surface area (TPSA) is 59.6 Å². The van der Waals surface area contributed by atoms with Crippen molar-refractivity contribution in [3.05, 3.63) is 47.2 Å². The maximum absolute atomic E-state index is 13.1. The van der Waals surface area contributed by atoms with Crippen molar-refractivity contribution >= 4 is 28.9 Å². The average molecular weight is 353 g/mol. The van der Waals surface area contributed by atoms with Gasteiger partial charge in [-0.05, 0) is 30.3 Å². The molecule has 2 aromatic rings. The number of halogens is 2. The summed E-state index contributed by atoms with van der Waals surface area (Å²) < 4.78 is 23.4. The zero-order valence-electron chi connectivity index (χ0n) is 13.4. The first-order valence-electron chi connectivity index (χ1n) is 7.24. The largest absolute Gasteiger partial charge is 0.497 e. The van der Waals surface area contributed by atoms with Gasteiger partial charge in [-0.2, -0.15) is 0 Å². The fourth-order valence-electron chi connectivity index (χ4n) is 2.04. The number of benzene rings is 2. The van der Waals surface area contributed by atoms with Gasteiger partial charge in [-0.25, -0.2) is 4.39 Å². The van der Waals surface area contributed by atoms with E-state index in [1.54, 1.807) is 31.4 Å². The summed E-state index contributed by atoms with van der Waals surface area (Å²) in [5, 5.41) is 5.82. The molecule has 0 aliphatic carbocycles. The Morgan fingerprint density at radius 3 is 2.62 bits per heavy atom. The van der Waals surface area contributed by atoms with Gasteiger partial charge in [0.25, 0.3) is 0 Å². The number of ether oxygens (including phenoxy) is 2. The van der Waals surface area contributed by atoms with Crippen molar-refractivity contribution in [1.29, 1.82) is 0 Å². The van der Waals surface area contributed by atoms with Gasteiger partial charge in [0.15, 0.2) is 0 Å². The van der Waals surface area contributed by atoms with Crippen LogP contribution in [-0.2, 0) is 4.79 Å². The number of carbonyl (C=O) groups is 1. The zero-order chi connectivity index (χ0) is 17.5. The molecule has 2 rings (SSSR count). The van der Waals surface area contributed by atoms with Gasteiger partial charge >= 0.3 is 0 Å². The van der Waals surface area contributed by atoms with E-state index in [9.17, 15) is 9.18 Å². The zero-order valence-corrected chi connectivity index (χ0v) is 14.1. The van der Waals surface area contributed by atoms with E-state index in [1.807, 2.05) is 0 Å². The van der Waals surface area contributed by atoms with Crippen LogP contribution in [0, 0.1) is 5.82 Å². The minimum atomic E-state index is -0.480. The number of methoxy groups -OCH3 is 2. The number of nitrogens with one attached hydrogen (secondary N) is 2. The number of rotatable bonds is 7. The van der Waals surface area contributed by atoms with E-state index in [0.717, 1.165) is 0 Å². The van der Waals surface area contributed by atoms with Crippen LogP contribution in [-0.4, -0.2) is 26.7 Å². The minimum Gasteiger partial charge on any atom is -0.497 e. The highest BCUT2D eigenvalue weighted by Crippen LogP contribution is 2.29. The van der Waals surface area contributed by atoms with Gasteiger partial charge in [0.1, 0.15) is 17.3 Å². The molecule has 2 aromatic carbocycles. The summed E-state index contributed by atoms with van der Waals surface area (Å²) in [5.74, 6) is 0.492. The number of hydrogen-bond acceptors (Lipinski definition) is 4. The van der Waals surface area contributed by atoms with Gasteiger partial charge < -0.3 is 20.1 Å². The lowest BCUT2D eigenvalue weighted by molar-refractivity contribution is -0.116. The third kappa shape index (κ3) is 4.76. The molecular formula is C17H18ClFN2O3. The Morgan fingerprint density at radius 2 is 1.96 bits per heavy atom. The molecule has 0 aliphatic heterocycles. The molecule has 0 spiro atoms. The Bertz CT molecular complexity index is 725. The maximum Gasteiger partial charge on any atom is 0.226 e. The SMILES string of the molecule is COc1ccc(NC(=O)CCNc2ccc(F)c(Cl)c2)c(OC)c1. The Kier molecular flexibility index (Phi) is 6.26. The number of amides is 1. The predicted molar refractivity (Wildman–Crippen MR) is 92.7 cm³/mol. The summed E-state index contributed by atoms with van der Waals surface area (Å²) >= 11 is 5.70. The number of carbonyl (C=O) groups excluding carboxylic acids is 1. The predicted octanol–water partition coefficient (Wildman–Crippen LogP) is 3.94. The molecule has 0 fully saturated rings. The van der Waals surface area contributed by atoms with E-state index in [1.165, 1.54) is 19.2 Å². The van der Waals surface area contributed by atoms with E-state index in [-0.39, 0.29) is 17.4 Å². The highest BCUT2D eigenvalue weighted by atomic mass is 35.5. The highest BCUT2D eigenvalue weighted by Gasteiger charge is 2.09. The second kappa shape index (κ2) is 8.40. The van der Waals surface area contributed by atoms with Crippen molar-refractivity contribution in [3.8, 4) is 11.5 Å². The molecule has 0 aromatic heterocycles. The first-order chi connectivity index (χ1) is 11.5. The van der Waals surface area contributed by atoms with Gasteiger partial charge in [-0.1, -0.05) is 11.6 Å². The number of hydrogen-bond donors (Lipinski definition) is 2. The van der Waals surface area contributed by atoms with Crippen LogP contribution in [0.15, 0.2) is 36.4 Å². The molecule has 7 heteroatoms. The summed E-state index contributed by atoms with van der Waals surface area (Å²) in [7, 11) is 3.07. The quantitative estimate of drug-likeness (QED) is 0.792. The lowest BCUT2D eigenvalue weighted by Gasteiger charge is -2.12. The molecule has 0 unspecified atom stereocenters. The van der Waals surface area contributed by atoms with E-state index in [2.05, 4.69) is 10.6 Å². The van der Waals surface area contributed by atoms with Crippen LogP contribution < -0.4 is 20.1 Å². The Balaban J connectivity index is 1.88. The second-order valence-electron chi connectivity index (χ2n) is 4.92. The molecule has 5 nitrogen and oxygen atoms in total. The molecule has 0 atom stereocenters. The van der Waals surface area contributed by atoms with Crippen LogP contribution in [0.4, 0.5) is 15.8 Å². The monoisotopic (exact) mass is 352 g/mol. The van der Waals surface area contributed by atoms with E-state index in [4.69, 9.17) is 21.1 Å². The Hall–Kier alpha value is -2.47. The minimum absolute atomic E-state index is 0.0346. The summed E-state index contributed by atoms with van der Waals surface area (Å²) in [6.45, 7) is 0.381. The molecule has 0 radical (unpaired) electrons. The summed E-state index contributed by atoms with van der Waals surface area (Å²) in [5.41, 5.74) is 1.21. The van der Waals surface area contributed by atoms with Gasteiger partial charge in [-0.15, -0.1) is 0 Å². The molecule has 0 bridgehead atoms. The maximum atomic E-state index is 13.1. The van der Waals surface area contributed by atoms with E-state index in [0.29, 0.717) is 29.4 Å². The molecule has 0 heterocycles. The Labute approximate surface area is 144 Å². The van der Waals surface area contributed by atoms with Crippen molar-refractivity contribution in [3.63, 3.8) is 0 Å². The lowest BCUT2D eigenvalue weighted by Crippen LogP contribution is -2.16. The van der Waals surface area contributed by atoms with Crippen molar-refractivity contribution in [1.82, 2.24) is 0 Å². The summed E-state index contributed by atoms with van der Waals surface area (Å²) in [6, 6.07) is 9.44. The van der Waals surface area contributed by atoms with Crippen LogP contribution in [0.2, 0.25) is 5.02 Å². The Morgan fingerprint density at radius 1 is 1.17 bits per heavy atom. The van der Waals surface area contributed by atoms with Gasteiger partial charge in [0.05, 0.1) is 24.9 Å². The molecule has 2 N–H and O–H groups in total. The molecule has 128 valence electrons. The second-order valence-corrected chi connectivity index (χ2v) is 5.33. The third-order valence-electron chi connectivity index (χ3n) is 3.28. The fraction of sp³-hybridized carbons (Fsp3) is 0.235. The van der Waals surface area contributed by atoms with E-state index < -0.39 is 5.82 Å². The van der Waals surface area contributed by atoms with Gasteiger partial charge in [0.2, 0.25) is 5.91 Å². The van der Waals surface area contributed by atoms with Gasteiger partial charge in [0, 0.05) is 24.7 Å². The van der Waals surface area contributed by atoms with Crippen molar-refractivity contribution in [2.75, 3.05) is 31.4 Å². The van der Waals surface area contributed by atoms with Crippen LogP contribution >= 0.6 is 11.6 Å². The standard InChI is InChI=1S/C17H18ClFN2O3/c1-23-12-4-6-15(16(10-12)24-2)21-17(22)7-8-20-11-3-5-14(19)13(18)9-11/h3-6,9-10,20H,7-8H2,1-2H3,(H,21,22). The molecule has 24 heavy (non-hydrogen) atoms. The molecule has 0 saturated heterocycles. The van der Waals surface area contributed by atoms with Crippen LogP contribution in [0.1, 0.15) is 6.42 Å². The number of anilines is 2. The smallest absolute Gasteiger partial charge is 0.226 e. The molecule has 0 aliphatic rings. The first kappa shape index (κ1) is 17.9. The summed E-state index contributed by atoms with van der Waals surface area (Å²) in [6.07, 6.45) is 0.226. The van der Waals surface area contributed by atoms with Crippen LogP contribution in [0.3, 0.4) is 0 Å². The van der Waals surface area contributed by atoms with Crippen molar-refractivity contribution < 1.29 is 18.7 Å². The lowest BCUT2D eigenvalue weighted by atomic mass is 10.2. The average Bonchev–Trinajstić information content (AvgIpc) is 2.58.